The van der Waals surface area contributed by atoms with Crippen LogP contribution in [0.15, 0.2) is 24.3 Å². The van der Waals surface area contributed by atoms with E-state index in [2.05, 4.69) is 13.8 Å². The van der Waals surface area contributed by atoms with Gasteiger partial charge in [0.05, 0.1) is 0 Å². The van der Waals surface area contributed by atoms with Crippen LogP contribution in [0.4, 0.5) is 5.69 Å². The van der Waals surface area contributed by atoms with Crippen LogP contribution in [-0.2, 0) is 11.2 Å². The fraction of sp³-hybridized carbons (Fsp3) is 0.562. The molecule has 3 heteroatoms. The number of nitrogens with zero attached hydrogens (tertiary/aromatic N) is 1. The minimum Gasteiger partial charge on any atom is -0.399 e. The SMILES string of the molecule is CC(C)N(CC1CC1)C(=O)CCc1cccc(N)c1. The lowest BCUT2D eigenvalue weighted by Crippen LogP contribution is -2.38. The Morgan fingerprint density at radius 3 is 2.74 bits per heavy atom. The Balaban J connectivity index is 1.87. The van der Waals surface area contributed by atoms with E-state index in [1.807, 2.05) is 29.2 Å². The standard InChI is InChI=1S/C16H24N2O/c1-12(2)18(11-14-6-7-14)16(19)9-8-13-4-3-5-15(17)10-13/h3-5,10,12,14H,6-9,11,17H2,1-2H3. The first kappa shape index (κ1) is 13.9. The van der Waals surface area contributed by atoms with Crippen molar-refractivity contribution >= 4 is 11.6 Å². The maximum Gasteiger partial charge on any atom is 0.223 e. The summed E-state index contributed by atoms with van der Waals surface area (Å²) in [5.74, 6) is 1.02. The molecular formula is C16H24N2O. The number of carbonyl (C=O) groups is 1. The summed E-state index contributed by atoms with van der Waals surface area (Å²) in [6, 6.07) is 8.10. The minimum absolute atomic E-state index is 0.268. The van der Waals surface area contributed by atoms with Gasteiger partial charge in [-0.2, -0.15) is 0 Å². The zero-order valence-electron chi connectivity index (χ0n) is 11.9. The highest BCUT2D eigenvalue weighted by molar-refractivity contribution is 5.76. The second-order valence-electron chi connectivity index (χ2n) is 5.83. The van der Waals surface area contributed by atoms with Gasteiger partial charge in [-0.1, -0.05) is 12.1 Å². The van der Waals surface area contributed by atoms with Gasteiger partial charge in [-0.05, 0) is 56.7 Å². The summed E-state index contributed by atoms with van der Waals surface area (Å²) in [7, 11) is 0. The van der Waals surface area contributed by atoms with Crippen molar-refractivity contribution in [2.24, 2.45) is 5.92 Å². The van der Waals surface area contributed by atoms with Crippen molar-refractivity contribution in [3.8, 4) is 0 Å². The number of hydrogen-bond donors (Lipinski definition) is 1. The lowest BCUT2D eigenvalue weighted by atomic mass is 10.1. The molecule has 0 atom stereocenters. The van der Waals surface area contributed by atoms with Crippen LogP contribution in [-0.4, -0.2) is 23.4 Å². The highest BCUT2D eigenvalue weighted by Crippen LogP contribution is 2.30. The molecule has 2 N–H and O–H groups in total. The molecule has 3 nitrogen and oxygen atoms in total. The first-order valence-corrected chi connectivity index (χ1v) is 7.20. The first-order chi connectivity index (χ1) is 9.06. The van der Waals surface area contributed by atoms with Gasteiger partial charge < -0.3 is 10.6 Å². The summed E-state index contributed by atoms with van der Waals surface area (Å²) in [5, 5.41) is 0. The highest BCUT2D eigenvalue weighted by Gasteiger charge is 2.27. The van der Waals surface area contributed by atoms with Gasteiger partial charge in [0.25, 0.3) is 0 Å². The molecule has 0 heterocycles. The molecule has 1 fully saturated rings. The average Bonchev–Trinajstić information content (AvgIpc) is 3.17. The predicted octanol–water partition coefficient (Wildman–Crippen LogP) is 2.85. The molecule has 0 unspecified atom stereocenters. The third-order valence-corrected chi connectivity index (χ3v) is 3.67. The van der Waals surface area contributed by atoms with Crippen molar-refractivity contribution in [1.29, 1.82) is 0 Å². The zero-order chi connectivity index (χ0) is 13.8. The van der Waals surface area contributed by atoms with Crippen LogP contribution >= 0.6 is 0 Å². The van der Waals surface area contributed by atoms with Crippen LogP contribution in [0.25, 0.3) is 0 Å². The van der Waals surface area contributed by atoms with E-state index in [0.29, 0.717) is 12.5 Å². The van der Waals surface area contributed by atoms with Crippen molar-refractivity contribution in [3.63, 3.8) is 0 Å². The summed E-state index contributed by atoms with van der Waals surface area (Å²) in [6.07, 6.45) is 3.92. The minimum atomic E-state index is 0.268. The second-order valence-corrected chi connectivity index (χ2v) is 5.83. The molecule has 0 bridgehead atoms. The maximum absolute atomic E-state index is 12.3. The summed E-state index contributed by atoms with van der Waals surface area (Å²) >= 11 is 0. The van der Waals surface area contributed by atoms with Crippen molar-refractivity contribution < 1.29 is 4.79 Å². The molecule has 1 aromatic carbocycles. The first-order valence-electron chi connectivity index (χ1n) is 7.20. The normalized spacial score (nSPS) is 14.7. The lowest BCUT2D eigenvalue weighted by molar-refractivity contribution is -0.133. The number of nitrogens with two attached hydrogens (primary N) is 1. The smallest absolute Gasteiger partial charge is 0.223 e. The maximum atomic E-state index is 12.3. The molecule has 0 spiro atoms. The number of aryl methyl sites for hydroxylation is 1. The zero-order valence-corrected chi connectivity index (χ0v) is 11.9. The second kappa shape index (κ2) is 6.09. The fourth-order valence-corrected chi connectivity index (χ4v) is 2.32. The van der Waals surface area contributed by atoms with Crippen LogP contribution < -0.4 is 5.73 Å². The Bertz CT molecular complexity index is 438. The molecule has 2 rings (SSSR count). The molecule has 19 heavy (non-hydrogen) atoms. The summed E-state index contributed by atoms with van der Waals surface area (Å²) in [4.78, 5) is 14.3. The van der Waals surface area contributed by atoms with E-state index in [-0.39, 0.29) is 5.91 Å². The number of benzene rings is 1. The molecular weight excluding hydrogens is 236 g/mol. The predicted molar refractivity (Wildman–Crippen MR) is 78.7 cm³/mol. The molecule has 0 saturated heterocycles. The van der Waals surface area contributed by atoms with Crippen LogP contribution in [0.2, 0.25) is 0 Å². The molecule has 104 valence electrons. The van der Waals surface area contributed by atoms with E-state index in [9.17, 15) is 4.79 Å². The number of anilines is 1. The number of amides is 1. The highest BCUT2D eigenvalue weighted by atomic mass is 16.2. The van der Waals surface area contributed by atoms with Crippen molar-refractivity contribution in [3.05, 3.63) is 29.8 Å². The van der Waals surface area contributed by atoms with E-state index in [0.717, 1.165) is 30.1 Å². The van der Waals surface area contributed by atoms with E-state index < -0.39 is 0 Å². The average molecular weight is 260 g/mol. The van der Waals surface area contributed by atoms with Gasteiger partial charge in [-0.15, -0.1) is 0 Å². The van der Waals surface area contributed by atoms with Gasteiger partial charge in [0, 0.05) is 24.7 Å². The number of rotatable bonds is 6. The van der Waals surface area contributed by atoms with Crippen molar-refractivity contribution in [2.45, 2.75) is 45.6 Å². The molecule has 0 aromatic heterocycles. The van der Waals surface area contributed by atoms with Crippen molar-refractivity contribution in [2.75, 3.05) is 12.3 Å². The summed E-state index contributed by atoms with van der Waals surface area (Å²) in [6.45, 7) is 5.13. The van der Waals surface area contributed by atoms with Gasteiger partial charge in [0.1, 0.15) is 0 Å². The van der Waals surface area contributed by atoms with Crippen LogP contribution in [0.1, 0.15) is 38.7 Å². The molecule has 1 amide bonds. The van der Waals surface area contributed by atoms with Gasteiger partial charge in [-0.3, -0.25) is 4.79 Å². The summed E-state index contributed by atoms with van der Waals surface area (Å²) < 4.78 is 0. The largest absolute Gasteiger partial charge is 0.399 e. The Labute approximate surface area is 115 Å². The van der Waals surface area contributed by atoms with Crippen LogP contribution in [0.5, 0.6) is 0 Å². The number of hydrogen-bond acceptors (Lipinski definition) is 2. The molecule has 1 aliphatic carbocycles. The lowest BCUT2D eigenvalue weighted by Gasteiger charge is -2.27. The van der Waals surface area contributed by atoms with Crippen LogP contribution in [0, 0.1) is 5.92 Å². The Hall–Kier alpha value is -1.51. The molecule has 1 aliphatic rings. The van der Waals surface area contributed by atoms with Crippen LogP contribution in [0.3, 0.4) is 0 Å². The monoisotopic (exact) mass is 260 g/mol. The van der Waals surface area contributed by atoms with E-state index in [4.69, 9.17) is 5.73 Å². The van der Waals surface area contributed by atoms with E-state index in [1.165, 1.54) is 12.8 Å². The number of carbonyl (C=O) groups excluding carboxylic acids is 1. The van der Waals surface area contributed by atoms with Gasteiger partial charge in [-0.25, -0.2) is 0 Å². The molecule has 0 radical (unpaired) electrons. The van der Waals surface area contributed by atoms with E-state index in [1.54, 1.807) is 0 Å². The topological polar surface area (TPSA) is 46.3 Å². The molecule has 1 aromatic rings. The quantitative estimate of drug-likeness (QED) is 0.799. The van der Waals surface area contributed by atoms with Gasteiger partial charge >= 0.3 is 0 Å². The third kappa shape index (κ3) is 4.27. The Morgan fingerprint density at radius 1 is 1.42 bits per heavy atom. The fourth-order valence-electron chi connectivity index (χ4n) is 2.32. The summed E-state index contributed by atoms with van der Waals surface area (Å²) in [5.41, 5.74) is 7.66. The molecule has 0 aliphatic heterocycles. The Morgan fingerprint density at radius 2 is 2.16 bits per heavy atom. The Kier molecular flexibility index (Phi) is 4.46. The number of nitrogen functional groups attached to an aromatic ring is 1. The van der Waals surface area contributed by atoms with Gasteiger partial charge in [0.2, 0.25) is 5.91 Å². The third-order valence-electron chi connectivity index (χ3n) is 3.67. The van der Waals surface area contributed by atoms with E-state index >= 15 is 0 Å². The van der Waals surface area contributed by atoms with Gasteiger partial charge in [0.15, 0.2) is 0 Å². The van der Waals surface area contributed by atoms with Crippen molar-refractivity contribution in [1.82, 2.24) is 4.90 Å². The molecule has 1 saturated carbocycles.